The van der Waals surface area contributed by atoms with Crippen LogP contribution in [0.5, 0.6) is 0 Å². The third-order valence-electron chi connectivity index (χ3n) is 4.46. The number of thiocarbonyl (C=S) groups is 1. The molecule has 156 valence electrons. The summed E-state index contributed by atoms with van der Waals surface area (Å²) in [6.07, 6.45) is 1.82. The van der Waals surface area contributed by atoms with Crippen molar-refractivity contribution in [1.29, 1.82) is 0 Å². The molecular formula is C19H25FN6OS2. The summed E-state index contributed by atoms with van der Waals surface area (Å²) in [5.41, 5.74) is 1.37. The van der Waals surface area contributed by atoms with E-state index in [0.717, 1.165) is 23.1 Å². The Hall–Kier alpha value is -2.20. The minimum absolute atomic E-state index is 0.0234. The number of hydrogen-bond donors (Lipinski definition) is 1. The standard InChI is InChI=1S/C19H25FN6OS2/c1-14(2)21-18(27)24-7-9-25(10-8-24)19(28)29-13-16-12-26(23-22-16)11-15-5-3-4-6-17(15)20/h3-6,12,14H,7-11,13H2,1-2H3,(H,21,27). The highest BCUT2D eigenvalue weighted by molar-refractivity contribution is 8.22. The number of amides is 2. The molecule has 2 heterocycles. The molecule has 2 aromatic rings. The molecule has 10 heteroatoms. The van der Waals surface area contributed by atoms with Crippen molar-refractivity contribution in [3.05, 3.63) is 47.5 Å². The van der Waals surface area contributed by atoms with Crippen molar-refractivity contribution in [1.82, 2.24) is 30.1 Å². The minimum atomic E-state index is -0.249. The Morgan fingerprint density at radius 2 is 1.93 bits per heavy atom. The van der Waals surface area contributed by atoms with E-state index in [2.05, 4.69) is 20.5 Å². The summed E-state index contributed by atoms with van der Waals surface area (Å²) in [6, 6.07) is 6.75. The van der Waals surface area contributed by atoms with Crippen molar-refractivity contribution in [2.24, 2.45) is 0 Å². The molecule has 1 saturated heterocycles. The van der Waals surface area contributed by atoms with Crippen LogP contribution in [0.25, 0.3) is 0 Å². The summed E-state index contributed by atoms with van der Waals surface area (Å²) in [7, 11) is 0. The van der Waals surface area contributed by atoms with Crippen LogP contribution in [0.2, 0.25) is 0 Å². The number of hydrogen-bond acceptors (Lipinski definition) is 5. The Bertz CT molecular complexity index is 851. The number of aromatic nitrogens is 3. The van der Waals surface area contributed by atoms with Gasteiger partial charge in [-0.1, -0.05) is 47.4 Å². The van der Waals surface area contributed by atoms with Crippen molar-refractivity contribution < 1.29 is 9.18 Å². The molecule has 0 atom stereocenters. The Morgan fingerprint density at radius 3 is 2.62 bits per heavy atom. The Morgan fingerprint density at radius 1 is 1.24 bits per heavy atom. The Balaban J connectivity index is 1.44. The number of rotatable bonds is 5. The van der Waals surface area contributed by atoms with Gasteiger partial charge in [0.1, 0.15) is 10.1 Å². The van der Waals surface area contributed by atoms with Crippen molar-refractivity contribution in [3.8, 4) is 0 Å². The van der Waals surface area contributed by atoms with Crippen LogP contribution in [-0.2, 0) is 12.3 Å². The topological polar surface area (TPSA) is 66.3 Å². The van der Waals surface area contributed by atoms with Gasteiger partial charge >= 0.3 is 6.03 Å². The first kappa shape index (κ1) is 21.5. The van der Waals surface area contributed by atoms with Gasteiger partial charge in [-0.05, 0) is 19.9 Å². The highest BCUT2D eigenvalue weighted by Gasteiger charge is 2.23. The molecule has 3 rings (SSSR count). The van der Waals surface area contributed by atoms with Gasteiger partial charge in [-0.15, -0.1) is 5.10 Å². The first-order chi connectivity index (χ1) is 13.9. The fourth-order valence-corrected chi connectivity index (χ4v) is 4.07. The maximum Gasteiger partial charge on any atom is 0.317 e. The van der Waals surface area contributed by atoms with Crippen molar-refractivity contribution >= 4 is 34.3 Å². The molecule has 1 aliphatic heterocycles. The van der Waals surface area contributed by atoms with E-state index in [4.69, 9.17) is 12.2 Å². The van der Waals surface area contributed by atoms with Crippen LogP contribution in [0, 0.1) is 5.82 Å². The largest absolute Gasteiger partial charge is 0.354 e. The van der Waals surface area contributed by atoms with E-state index in [0.29, 0.717) is 31.0 Å². The predicted octanol–water partition coefficient (Wildman–Crippen LogP) is 2.72. The van der Waals surface area contributed by atoms with Gasteiger partial charge in [-0.2, -0.15) is 0 Å². The first-order valence-electron chi connectivity index (χ1n) is 9.52. The van der Waals surface area contributed by atoms with Gasteiger partial charge in [0, 0.05) is 49.7 Å². The number of piperazine rings is 1. The van der Waals surface area contributed by atoms with E-state index in [9.17, 15) is 9.18 Å². The van der Waals surface area contributed by atoms with E-state index < -0.39 is 0 Å². The quantitative estimate of drug-likeness (QED) is 0.727. The lowest BCUT2D eigenvalue weighted by molar-refractivity contribution is 0.169. The summed E-state index contributed by atoms with van der Waals surface area (Å²) in [6.45, 7) is 6.98. The number of thioether (sulfide) groups is 1. The second kappa shape index (κ2) is 10.0. The number of urea groups is 1. The number of nitrogens with one attached hydrogen (secondary N) is 1. The fraction of sp³-hybridized carbons (Fsp3) is 0.474. The van der Waals surface area contributed by atoms with Gasteiger partial charge in [0.2, 0.25) is 0 Å². The molecular weight excluding hydrogens is 411 g/mol. The van der Waals surface area contributed by atoms with Gasteiger partial charge in [0.25, 0.3) is 0 Å². The van der Waals surface area contributed by atoms with Gasteiger partial charge in [-0.25, -0.2) is 13.9 Å². The van der Waals surface area contributed by atoms with Crippen LogP contribution in [0.1, 0.15) is 25.1 Å². The predicted molar refractivity (Wildman–Crippen MR) is 116 cm³/mol. The minimum Gasteiger partial charge on any atom is -0.354 e. The first-order valence-corrected chi connectivity index (χ1v) is 10.9. The lowest BCUT2D eigenvalue weighted by atomic mass is 10.2. The van der Waals surface area contributed by atoms with Crippen molar-refractivity contribution in [2.75, 3.05) is 26.2 Å². The molecule has 2 amide bonds. The Kier molecular flexibility index (Phi) is 7.43. The zero-order chi connectivity index (χ0) is 20.8. The van der Waals surface area contributed by atoms with E-state index in [1.807, 2.05) is 24.9 Å². The molecule has 1 fully saturated rings. The second-order valence-electron chi connectivity index (χ2n) is 7.13. The third kappa shape index (κ3) is 6.14. The fourth-order valence-electron chi connectivity index (χ4n) is 2.94. The summed E-state index contributed by atoms with van der Waals surface area (Å²) in [5, 5.41) is 11.1. The number of nitrogens with zero attached hydrogens (tertiary/aromatic N) is 5. The van der Waals surface area contributed by atoms with Gasteiger partial charge in [0.05, 0.1) is 12.2 Å². The number of carbonyl (C=O) groups excluding carboxylic acids is 1. The molecule has 0 bridgehead atoms. The maximum absolute atomic E-state index is 13.8. The lowest BCUT2D eigenvalue weighted by Gasteiger charge is -2.36. The van der Waals surface area contributed by atoms with E-state index in [1.165, 1.54) is 17.8 Å². The molecule has 0 saturated carbocycles. The van der Waals surface area contributed by atoms with Crippen molar-refractivity contribution in [2.45, 2.75) is 32.2 Å². The molecule has 0 radical (unpaired) electrons. The molecule has 1 aromatic heterocycles. The van der Waals surface area contributed by atoms with Gasteiger partial charge in [-0.3, -0.25) is 0 Å². The zero-order valence-electron chi connectivity index (χ0n) is 16.5. The van der Waals surface area contributed by atoms with Gasteiger partial charge < -0.3 is 15.1 Å². The normalized spacial score (nSPS) is 14.3. The van der Waals surface area contributed by atoms with Crippen LogP contribution in [0.3, 0.4) is 0 Å². The van der Waals surface area contributed by atoms with E-state index >= 15 is 0 Å². The molecule has 1 N–H and O–H groups in total. The summed E-state index contributed by atoms with van der Waals surface area (Å²) < 4.78 is 16.2. The molecule has 1 aromatic carbocycles. The summed E-state index contributed by atoms with van der Waals surface area (Å²) in [4.78, 5) is 16.0. The average molecular weight is 437 g/mol. The van der Waals surface area contributed by atoms with Crippen LogP contribution in [0.4, 0.5) is 9.18 Å². The van der Waals surface area contributed by atoms with Crippen LogP contribution >= 0.6 is 24.0 Å². The summed E-state index contributed by atoms with van der Waals surface area (Å²) >= 11 is 7.07. The number of benzene rings is 1. The zero-order valence-corrected chi connectivity index (χ0v) is 18.2. The van der Waals surface area contributed by atoms with Crippen LogP contribution in [-0.4, -0.2) is 67.4 Å². The molecule has 1 aliphatic rings. The summed E-state index contributed by atoms with van der Waals surface area (Å²) in [5.74, 6) is 0.353. The van der Waals surface area contributed by atoms with Crippen molar-refractivity contribution in [3.63, 3.8) is 0 Å². The second-order valence-corrected chi connectivity index (χ2v) is 8.74. The third-order valence-corrected chi connectivity index (χ3v) is 6.01. The van der Waals surface area contributed by atoms with Crippen LogP contribution < -0.4 is 5.32 Å². The SMILES string of the molecule is CC(C)NC(=O)N1CCN(C(=S)SCc2cn(Cc3ccccc3F)nn2)CC1. The number of carbonyl (C=O) groups is 1. The maximum atomic E-state index is 13.8. The van der Waals surface area contributed by atoms with Crippen LogP contribution in [0.15, 0.2) is 30.5 Å². The highest BCUT2D eigenvalue weighted by atomic mass is 32.2. The monoisotopic (exact) mass is 436 g/mol. The average Bonchev–Trinajstić information content (AvgIpc) is 3.15. The molecule has 7 nitrogen and oxygen atoms in total. The number of halogens is 1. The molecule has 0 unspecified atom stereocenters. The highest BCUT2D eigenvalue weighted by Crippen LogP contribution is 2.17. The van der Waals surface area contributed by atoms with Gasteiger partial charge in [0.15, 0.2) is 0 Å². The van der Waals surface area contributed by atoms with E-state index in [1.54, 1.807) is 22.9 Å². The molecule has 0 spiro atoms. The molecule has 29 heavy (non-hydrogen) atoms. The van der Waals surface area contributed by atoms with E-state index in [-0.39, 0.29) is 17.9 Å². The molecule has 0 aliphatic carbocycles. The smallest absolute Gasteiger partial charge is 0.317 e. The Labute approximate surface area is 179 Å². The lowest BCUT2D eigenvalue weighted by Crippen LogP contribution is -2.53.